The highest BCUT2D eigenvalue weighted by molar-refractivity contribution is 5.93. The van der Waals surface area contributed by atoms with Crippen LogP contribution in [-0.2, 0) is 4.79 Å². The fourth-order valence-corrected chi connectivity index (χ4v) is 5.71. The zero-order valence-corrected chi connectivity index (χ0v) is 22.2. The number of carbonyl (C=O) groups excluding carboxylic acids is 1. The van der Waals surface area contributed by atoms with E-state index in [1.54, 1.807) is 6.08 Å². The van der Waals surface area contributed by atoms with E-state index in [0.717, 1.165) is 61.4 Å². The minimum Gasteiger partial charge on any atom is -0.512 e. The highest BCUT2D eigenvalue weighted by atomic mass is 16.3. The number of rotatable bonds is 10. The number of likely N-dealkylation sites (tertiary alicyclic amines) is 1. The molecule has 0 radical (unpaired) electrons. The molecular formula is C31H41N3O3. The lowest BCUT2D eigenvalue weighted by Crippen LogP contribution is -2.33. The van der Waals surface area contributed by atoms with Gasteiger partial charge in [-0.25, -0.2) is 0 Å². The van der Waals surface area contributed by atoms with Gasteiger partial charge in [-0.3, -0.25) is 9.69 Å². The van der Waals surface area contributed by atoms with Crippen molar-refractivity contribution in [3.05, 3.63) is 82.7 Å². The third kappa shape index (κ3) is 7.10. The van der Waals surface area contributed by atoms with Crippen LogP contribution in [0.4, 0.5) is 5.69 Å². The van der Waals surface area contributed by atoms with E-state index in [1.807, 2.05) is 37.3 Å². The smallest absolute Gasteiger partial charge is 0.238 e. The third-order valence-electron chi connectivity index (χ3n) is 7.64. The normalized spacial score (nSPS) is 23.1. The molecule has 0 bridgehead atoms. The van der Waals surface area contributed by atoms with Crippen LogP contribution in [0.1, 0.15) is 45.1 Å². The van der Waals surface area contributed by atoms with E-state index < -0.39 is 0 Å². The molecule has 6 nitrogen and oxygen atoms in total. The standard InChI is InChI=1S/C31H41N3O3/c1-3-4-6-22(2)29(7-5-16-35)31(24-10-14-28(36)15-11-24)23-8-12-27(13-9-23)33-30(37)21-34-19-25-17-32-18-26(25)20-34/h3-4,6,8-10,12-14,25-26,32,35-36H,5,7,11,15-21H2,1-2H3,(H,33,37)/b4-3-,22-6+,31-29+/t25-,26+. The second-order valence-corrected chi connectivity index (χ2v) is 10.4. The van der Waals surface area contributed by atoms with Crippen LogP contribution >= 0.6 is 0 Å². The van der Waals surface area contributed by atoms with Crippen LogP contribution in [0.15, 0.2) is 77.1 Å². The number of anilines is 1. The van der Waals surface area contributed by atoms with Crippen molar-refractivity contribution < 1.29 is 15.0 Å². The maximum absolute atomic E-state index is 12.7. The molecule has 0 aromatic heterocycles. The van der Waals surface area contributed by atoms with E-state index in [9.17, 15) is 15.0 Å². The van der Waals surface area contributed by atoms with Crippen molar-refractivity contribution in [2.24, 2.45) is 11.8 Å². The summed E-state index contributed by atoms with van der Waals surface area (Å²) in [6.45, 7) is 8.79. The Morgan fingerprint density at radius 2 is 1.86 bits per heavy atom. The van der Waals surface area contributed by atoms with Crippen molar-refractivity contribution in [1.29, 1.82) is 0 Å². The van der Waals surface area contributed by atoms with Gasteiger partial charge in [-0.15, -0.1) is 0 Å². The highest BCUT2D eigenvalue weighted by Gasteiger charge is 2.36. The molecule has 0 spiro atoms. The van der Waals surface area contributed by atoms with Crippen LogP contribution < -0.4 is 10.6 Å². The van der Waals surface area contributed by atoms with Gasteiger partial charge in [-0.05, 0) is 104 Å². The Hall–Kier alpha value is -2.93. The lowest BCUT2D eigenvalue weighted by Gasteiger charge is -2.22. The first kappa shape index (κ1) is 27.1. The fraction of sp³-hybridized carbons (Fsp3) is 0.452. The Morgan fingerprint density at radius 1 is 1.14 bits per heavy atom. The molecule has 0 saturated carbocycles. The number of hydrogen-bond donors (Lipinski definition) is 4. The molecule has 0 unspecified atom stereocenters. The molecule has 3 aliphatic rings. The van der Waals surface area contributed by atoms with E-state index in [-0.39, 0.29) is 12.5 Å². The van der Waals surface area contributed by atoms with Crippen LogP contribution in [0, 0.1) is 11.8 Å². The minimum absolute atomic E-state index is 0.0285. The van der Waals surface area contributed by atoms with Gasteiger partial charge in [0.2, 0.25) is 5.91 Å². The zero-order valence-electron chi connectivity index (χ0n) is 22.2. The number of aliphatic hydroxyl groups is 2. The van der Waals surface area contributed by atoms with Crippen molar-refractivity contribution in [2.75, 3.05) is 44.6 Å². The van der Waals surface area contributed by atoms with Gasteiger partial charge in [0, 0.05) is 31.8 Å². The van der Waals surface area contributed by atoms with Crippen molar-refractivity contribution in [2.45, 2.75) is 39.5 Å². The Morgan fingerprint density at radius 3 is 2.49 bits per heavy atom. The number of amides is 1. The van der Waals surface area contributed by atoms with Gasteiger partial charge in [0.15, 0.2) is 0 Å². The van der Waals surface area contributed by atoms with Crippen LogP contribution in [0.2, 0.25) is 0 Å². The molecule has 2 atom stereocenters. The molecule has 2 saturated heterocycles. The van der Waals surface area contributed by atoms with Crippen LogP contribution in [0.3, 0.4) is 0 Å². The number of hydrogen-bond acceptors (Lipinski definition) is 5. The van der Waals surface area contributed by atoms with Crippen molar-refractivity contribution in [3.63, 3.8) is 0 Å². The fourth-order valence-electron chi connectivity index (χ4n) is 5.71. The third-order valence-corrected chi connectivity index (χ3v) is 7.64. The van der Waals surface area contributed by atoms with Crippen LogP contribution in [-0.4, -0.2) is 60.4 Å². The highest BCUT2D eigenvalue weighted by Crippen LogP contribution is 2.37. The number of carbonyl (C=O) groups is 1. The largest absolute Gasteiger partial charge is 0.512 e. The van der Waals surface area contributed by atoms with Crippen LogP contribution in [0.25, 0.3) is 5.57 Å². The predicted molar refractivity (Wildman–Crippen MR) is 151 cm³/mol. The summed E-state index contributed by atoms with van der Waals surface area (Å²) in [4.78, 5) is 15.0. The molecule has 2 fully saturated rings. The number of aliphatic hydroxyl groups excluding tert-OH is 2. The number of fused-ring (bicyclic) bond motifs is 1. The number of allylic oxidation sites excluding steroid dienone is 10. The summed E-state index contributed by atoms with van der Waals surface area (Å²) in [7, 11) is 0. The van der Waals surface area contributed by atoms with Gasteiger partial charge >= 0.3 is 0 Å². The second kappa shape index (κ2) is 13.0. The van der Waals surface area contributed by atoms with E-state index in [4.69, 9.17) is 0 Å². The van der Waals surface area contributed by atoms with Crippen molar-refractivity contribution in [1.82, 2.24) is 10.2 Å². The lowest BCUT2D eigenvalue weighted by atomic mass is 9.84. The van der Waals surface area contributed by atoms with Gasteiger partial charge in [0.25, 0.3) is 0 Å². The molecule has 1 amide bonds. The summed E-state index contributed by atoms with van der Waals surface area (Å²) in [5, 5.41) is 26.1. The SMILES string of the molecule is C\C=C/C=C(C)/C(CCCO)=C(/C1=CC=C(O)CC1)c1ccc(NC(=O)CN2C[C@H]3CNC[C@H]3C2)cc1. The second-order valence-electron chi connectivity index (χ2n) is 10.4. The van der Waals surface area contributed by atoms with Gasteiger partial charge in [-0.1, -0.05) is 36.4 Å². The monoisotopic (exact) mass is 503 g/mol. The summed E-state index contributed by atoms with van der Waals surface area (Å²) in [6, 6.07) is 8.08. The molecule has 1 aromatic carbocycles. The summed E-state index contributed by atoms with van der Waals surface area (Å²) >= 11 is 0. The Kier molecular flexibility index (Phi) is 9.56. The van der Waals surface area contributed by atoms with Crippen molar-refractivity contribution in [3.8, 4) is 0 Å². The van der Waals surface area contributed by atoms with E-state index in [2.05, 4.69) is 40.7 Å². The first-order chi connectivity index (χ1) is 18.0. The predicted octanol–water partition coefficient (Wildman–Crippen LogP) is 4.99. The molecule has 198 valence electrons. The molecule has 2 aliphatic heterocycles. The summed E-state index contributed by atoms with van der Waals surface area (Å²) in [5.74, 6) is 1.78. The summed E-state index contributed by atoms with van der Waals surface area (Å²) in [5.41, 5.74) is 6.53. The lowest BCUT2D eigenvalue weighted by molar-refractivity contribution is -0.117. The van der Waals surface area contributed by atoms with Crippen LogP contribution in [0.5, 0.6) is 0 Å². The molecule has 4 rings (SSSR count). The van der Waals surface area contributed by atoms with Gasteiger partial charge < -0.3 is 20.8 Å². The van der Waals surface area contributed by atoms with E-state index in [0.29, 0.717) is 37.0 Å². The molecule has 1 aromatic rings. The Balaban J connectivity index is 1.56. The summed E-state index contributed by atoms with van der Waals surface area (Å²) in [6.07, 6.45) is 12.7. The maximum Gasteiger partial charge on any atom is 0.238 e. The number of nitrogens with one attached hydrogen (secondary N) is 2. The molecule has 4 N–H and O–H groups in total. The average molecular weight is 504 g/mol. The quantitative estimate of drug-likeness (QED) is 0.338. The molecule has 1 aliphatic carbocycles. The Labute approximate surface area is 221 Å². The molecule has 6 heteroatoms. The minimum atomic E-state index is 0.0285. The average Bonchev–Trinajstić information content (AvgIpc) is 3.48. The first-order valence-corrected chi connectivity index (χ1v) is 13.5. The maximum atomic E-state index is 12.7. The number of nitrogens with zero attached hydrogens (tertiary/aromatic N) is 1. The zero-order chi connectivity index (χ0) is 26.2. The van der Waals surface area contributed by atoms with Gasteiger partial charge in [-0.2, -0.15) is 0 Å². The van der Waals surface area contributed by atoms with E-state index in [1.165, 1.54) is 11.1 Å². The first-order valence-electron chi connectivity index (χ1n) is 13.5. The summed E-state index contributed by atoms with van der Waals surface area (Å²) < 4.78 is 0. The number of benzene rings is 1. The van der Waals surface area contributed by atoms with E-state index >= 15 is 0 Å². The molecule has 37 heavy (non-hydrogen) atoms. The Bertz CT molecular complexity index is 1100. The van der Waals surface area contributed by atoms with Crippen molar-refractivity contribution >= 4 is 17.2 Å². The molecule has 2 heterocycles. The van der Waals surface area contributed by atoms with Gasteiger partial charge in [0.1, 0.15) is 0 Å². The van der Waals surface area contributed by atoms with Gasteiger partial charge in [0.05, 0.1) is 12.3 Å². The topological polar surface area (TPSA) is 84.8 Å². The molecular weight excluding hydrogens is 462 g/mol.